The predicted octanol–water partition coefficient (Wildman–Crippen LogP) is 4.51. The summed E-state index contributed by atoms with van der Waals surface area (Å²) >= 11 is 1.75. The second kappa shape index (κ2) is 7.98. The Kier molecular flexibility index (Phi) is 6.58. The largest absolute Gasteiger partial charge is 0.431 e. The van der Waals surface area contributed by atoms with Crippen molar-refractivity contribution in [3.05, 3.63) is 46.6 Å². The summed E-state index contributed by atoms with van der Waals surface area (Å²) in [5.41, 5.74) is 1.28. The third kappa shape index (κ3) is 5.41. The van der Waals surface area contributed by atoms with Gasteiger partial charge in [0.15, 0.2) is 0 Å². The lowest BCUT2D eigenvalue weighted by Gasteiger charge is -2.10. The van der Waals surface area contributed by atoms with Gasteiger partial charge >= 0.3 is 5.97 Å². The molecular formula is C15H20O2S. The van der Waals surface area contributed by atoms with Gasteiger partial charge in [-0.25, -0.2) is 0 Å². The molecule has 0 radical (unpaired) electrons. The molecule has 1 aromatic carbocycles. The maximum absolute atomic E-state index is 11.0. The molecule has 0 bridgehead atoms. The highest BCUT2D eigenvalue weighted by Crippen LogP contribution is 2.28. The van der Waals surface area contributed by atoms with Crippen LogP contribution in [0.3, 0.4) is 0 Å². The topological polar surface area (TPSA) is 26.3 Å². The number of carbonyl (C=O) groups excluding carboxylic acids is 1. The van der Waals surface area contributed by atoms with Crippen LogP contribution in [0.25, 0.3) is 0 Å². The van der Waals surface area contributed by atoms with E-state index in [1.807, 2.05) is 25.1 Å². The van der Waals surface area contributed by atoms with E-state index in [-0.39, 0.29) is 5.97 Å². The van der Waals surface area contributed by atoms with Crippen LogP contribution in [-0.2, 0) is 15.3 Å². The summed E-state index contributed by atoms with van der Waals surface area (Å²) in [6.45, 7) is 5.43. The van der Waals surface area contributed by atoms with Crippen molar-refractivity contribution in [1.82, 2.24) is 0 Å². The first-order valence-corrected chi connectivity index (χ1v) is 7.17. The van der Waals surface area contributed by atoms with Crippen molar-refractivity contribution >= 4 is 17.7 Å². The normalized spacial score (nSPS) is 11.9. The Labute approximate surface area is 113 Å². The molecule has 0 aliphatic rings. The van der Waals surface area contributed by atoms with Gasteiger partial charge in [0.2, 0.25) is 0 Å². The highest BCUT2D eigenvalue weighted by Gasteiger charge is 2.07. The molecule has 18 heavy (non-hydrogen) atoms. The molecule has 0 aliphatic carbocycles. The Balaban J connectivity index is 2.65. The predicted molar refractivity (Wildman–Crippen MR) is 77.1 cm³/mol. The van der Waals surface area contributed by atoms with Crippen LogP contribution >= 0.6 is 11.8 Å². The Morgan fingerprint density at radius 3 is 2.44 bits per heavy atom. The first-order valence-electron chi connectivity index (χ1n) is 6.18. The SMILES string of the molecule is CCC/C(SCc1ccccc1)=C(/C)OC(C)=O. The fraction of sp³-hybridized carbons (Fsp3) is 0.400. The molecule has 0 aliphatic heterocycles. The monoisotopic (exact) mass is 264 g/mol. The van der Waals surface area contributed by atoms with Gasteiger partial charge in [-0.3, -0.25) is 4.79 Å². The minimum atomic E-state index is -0.249. The zero-order valence-electron chi connectivity index (χ0n) is 11.2. The van der Waals surface area contributed by atoms with Crippen molar-refractivity contribution in [3.8, 4) is 0 Å². The van der Waals surface area contributed by atoms with E-state index in [1.165, 1.54) is 12.5 Å². The first-order chi connectivity index (χ1) is 8.63. The van der Waals surface area contributed by atoms with Crippen molar-refractivity contribution in [3.63, 3.8) is 0 Å². The van der Waals surface area contributed by atoms with E-state index < -0.39 is 0 Å². The minimum absolute atomic E-state index is 0.249. The smallest absolute Gasteiger partial charge is 0.307 e. The number of thioether (sulfide) groups is 1. The molecular weight excluding hydrogens is 244 g/mol. The van der Waals surface area contributed by atoms with Gasteiger partial charge in [-0.1, -0.05) is 43.7 Å². The first kappa shape index (κ1) is 14.8. The molecule has 3 heteroatoms. The summed E-state index contributed by atoms with van der Waals surface area (Å²) in [5, 5.41) is 0. The highest BCUT2D eigenvalue weighted by atomic mass is 32.2. The summed E-state index contributed by atoms with van der Waals surface area (Å²) in [7, 11) is 0. The van der Waals surface area contributed by atoms with Gasteiger partial charge < -0.3 is 4.74 Å². The maximum Gasteiger partial charge on any atom is 0.307 e. The van der Waals surface area contributed by atoms with Gasteiger partial charge in [0.1, 0.15) is 5.76 Å². The number of ether oxygens (including phenoxy) is 1. The second-order valence-electron chi connectivity index (χ2n) is 4.10. The molecule has 0 saturated heterocycles. The minimum Gasteiger partial charge on any atom is -0.431 e. The van der Waals surface area contributed by atoms with Gasteiger partial charge in [0.05, 0.1) is 0 Å². The van der Waals surface area contributed by atoms with Crippen molar-refractivity contribution in [1.29, 1.82) is 0 Å². The van der Waals surface area contributed by atoms with Crippen molar-refractivity contribution in [2.75, 3.05) is 0 Å². The van der Waals surface area contributed by atoms with Gasteiger partial charge in [0, 0.05) is 17.6 Å². The van der Waals surface area contributed by atoms with Crippen LogP contribution in [0.15, 0.2) is 41.0 Å². The van der Waals surface area contributed by atoms with E-state index in [1.54, 1.807) is 11.8 Å². The molecule has 0 saturated carbocycles. The van der Waals surface area contributed by atoms with Gasteiger partial charge in [0.25, 0.3) is 0 Å². The third-order valence-electron chi connectivity index (χ3n) is 2.42. The number of allylic oxidation sites excluding steroid dienone is 2. The lowest BCUT2D eigenvalue weighted by molar-refractivity contribution is -0.136. The third-order valence-corrected chi connectivity index (χ3v) is 3.74. The number of hydrogen-bond acceptors (Lipinski definition) is 3. The molecule has 0 aromatic heterocycles. The summed E-state index contributed by atoms with van der Waals surface area (Å²) in [4.78, 5) is 12.1. The fourth-order valence-electron chi connectivity index (χ4n) is 1.59. The number of rotatable bonds is 6. The van der Waals surface area contributed by atoms with E-state index in [4.69, 9.17) is 4.74 Å². The van der Waals surface area contributed by atoms with Crippen LogP contribution in [-0.4, -0.2) is 5.97 Å². The van der Waals surface area contributed by atoms with Crippen LogP contribution in [0.4, 0.5) is 0 Å². The fourth-order valence-corrected chi connectivity index (χ4v) is 2.72. The van der Waals surface area contributed by atoms with Crippen LogP contribution in [0.2, 0.25) is 0 Å². The molecule has 0 amide bonds. The van der Waals surface area contributed by atoms with E-state index in [9.17, 15) is 4.79 Å². The summed E-state index contributed by atoms with van der Waals surface area (Å²) in [6, 6.07) is 10.3. The average molecular weight is 264 g/mol. The van der Waals surface area contributed by atoms with E-state index in [0.29, 0.717) is 0 Å². The average Bonchev–Trinajstić information content (AvgIpc) is 2.34. The molecule has 0 atom stereocenters. The summed E-state index contributed by atoms with van der Waals surface area (Å²) in [5.74, 6) is 1.40. The van der Waals surface area contributed by atoms with Gasteiger partial charge in [-0.15, -0.1) is 11.8 Å². The molecule has 0 N–H and O–H groups in total. The number of hydrogen-bond donors (Lipinski definition) is 0. The molecule has 0 fully saturated rings. The van der Waals surface area contributed by atoms with Gasteiger partial charge in [-0.2, -0.15) is 0 Å². The molecule has 2 nitrogen and oxygen atoms in total. The van der Waals surface area contributed by atoms with E-state index >= 15 is 0 Å². The summed E-state index contributed by atoms with van der Waals surface area (Å²) in [6.07, 6.45) is 2.01. The number of carbonyl (C=O) groups is 1. The quantitative estimate of drug-likeness (QED) is 0.558. The zero-order chi connectivity index (χ0) is 13.4. The van der Waals surface area contributed by atoms with Crippen LogP contribution in [0, 0.1) is 0 Å². The Morgan fingerprint density at radius 2 is 1.89 bits per heavy atom. The summed E-state index contributed by atoms with van der Waals surface area (Å²) < 4.78 is 5.17. The van der Waals surface area contributed by atoms with E-state index in [0.717, 1.165) is 29.3 Å². The van der Waals surface area contributed by atoms with Crippen LogP contribution in [0.1, 0.15) is 39.2 Å². The van der Waals surface area contributed by atoms with Crippen LogP contribution < -0.4 is 0 Å². The molecule has 0 heterocycles. The van der Waals surface area contributed by atoms with Gasteiger partial charge in [-0.05, 0) is 18.9 Å². The number of benzene rings is 1. The molecule has 1 rings (SSSR count). The van der Waals surface area contributed by atoms with Crippen molar-refractivity contribution < 1.29 is 9.53 Å². The Bertz CT molecular complexity index is 410. The maximum atomic E-state index is 11.0. The Morgan fingerprint density at radius 1 is 1.22 bits per heavy atom. The standard InChI is InChI=1S/C15H20O2S/c1-4-8-15(12(2)17-13(3)16)18-11-14-9-6-5-7-10-14/h5-7,9-10H,4,8,11H2,1-3H3/b15-12+. The molecule has 0 spiro atoms. The lowest BCUT2D eigenvalue weighted by Crippen LogP contribution is -1.98. The Hall–Kier alpha value is -1.22. The molecule has 1 aromatic rings. The molecule has 0 unspecified atom stereocenters. The zero-order valence-corrected chi connectivity index (χ0v) is 12.0. The molecule has 98 valence electrons. The van der Waals surface area contributed by atoms with Crippen molar-refractivity contribution in [2.24, 2.45) is 0 Å². The lowest BCUT2D eigenvalue weighted by atomic mass is 10.2. The second-order valence-corrected chi connectivity index (χ2v) is 5.17. The highest BCUT2D eigenvalue weighted by molar-refractivity contribution is 8.02. The number of esters is 1. The van der Waals surface area contributed by atoms with Crippen LogP contribution in [0.5, 0.6) is 0 Å². The van der Waals surface area contributed by atoms with Crippen molar-refractivity contribution in [2.45, 2.75) is 39.4 Å². The van der Waals surface area contributed by atoms with E-state index in [2.05, 4.69) is 19.1 Å².